The van der Waals surface area contributed by atoms with Gasteiger partial charge in [0.25, 0.3) is 5.91 Å². The molecule has 1 fully saturated rings. The minimum Gasteiger partial charge on any atom is -0.451 e. The Morgan fingerprint density at radius 2 is 1.79 bits per heavy atom. The van der Waals surface area contributed by atoms with Crippen LogP contribution in [0.2, 0.25) is 0 Å². The first-order valence-electron chi connectivity index (χ1n) is 10.6. The number of rotatable bonds is 3. The van der Waals surface area contributed by atoms with Crippen LogP contribution in [-0.4, -0.2) is 34.1 Å². The molecule has 10 heteroatoms. The molecule has 4 aromatic rings. The summed E-state index contributed by atoms with van der Waals surface area (Å²) in [6.45, 7) is 0.760. The molecule has 3 heterocycles. The van der Waals surface area contributed by atoms with Crippen molar-refractivity contribution < 1.29 is 26.8 Å². The Hall–Kier alpha value is -3.95. The van der Waals surface area contributed by atoms with Crippen LogP contribution >= 0.6 is 0 Å². The summed E-state index contributed by atoms with van der Waals surface area (Å²) in [4.78, 5) is 27.0. The van der Waals surface area contributed by atoms with Crippen LogP contribution in [0.15, 0.2) is 68.2 Å². The second-order valence-corrected chi connectivity index (χ2v) is 8.08. The number of hydrogen-bond donors (Lipinski definition) is 0. The number of amides is 1. The molecule has 0 radical (unpaired) electrons. The van der Waals surface area contributed by atoms with Gasteiger partial charge in [-0.2, -0.15) is 13.2 Å². The van der Waals surface area contributed by atoms with E-state index in [2.05, 4.69) is 10.2 Å². The highest BCUT2D eigenvalue weighted by Crippen LogP contribution is 2.32. The molecule has 0 bridgehead atoms. The number of likely N-dealkylation sites (tertiary alicyclic amines) is 1. The molecule has 2 aromatic carbocycles. The summed E-state index contributed by atoms with van der Waals surface area (Å²) in [5.41, 5.74) is -0.354. The second-order valence-electron chi connectivity index (χ2n) is 8.08. The largest absolute Gasteiger partial charge is 0.451 e. The smallest absolute Gasteiger partial charge is 0.416 e. The summed E-state index contributed by atoms with van der Waals surface area (Å²) in [5, 5.41) is 8.42. The lowest BCUT2D eigenvalue weighted by Gasteiger charge is -2.30. The summed E-state index contributed by atoms with van der Waals surface area (Å²) in [7, 11) is 0. The van der Waals surface area contributed by atoms with Gasteiger partial charge >= 0.3 is 6.18 Å². The van der Waals surface area contributed by atoms with E-state index in [-0.39, 0.29) is 29.5 Å². The topological polar surface area (TPSA) is 89.4 Å². The van der Waals surface area contributed by atoms with Crippen molar-refractivity contribution in [3.63, 3.8) is 0 Å². The number of para-hydroxylation sites is 1. The zero-order valence-corrected chi connectivity index (χ0v) is 17.7. The van der Waals surface area contributed by atoms with Gasteiger partial charge in [-0.05, 0) is 49.2 Å². The number of nitrogens with zero attached hydrogens (tertiary/aromatic N) is 3. The maximum Gasteiger partial charge on any atom is 0.416 e. The first-order chi connectivity index (χ1) is 16.3. The van der Waals surface area contributed by atoms with Gasteiger partial charge in [-0.15, -0.1) is 10.2 Å². The fraction of sp³-hybridized carbons (Fsp3) is 0.250. The first-order valence-corrected chi connectivity index (χ1v) is 10.6. The lowest BCUT2D eigenvalue weighted by Crippen LogP contribution is -2.39. The van der Waals surface area contributed by atoms with Gasteiger partial charge in [0.15, 0.2) is 11.2 Å². The zero-order chi connectivity index (χ0) is 23.9. The van der Waals surface area contributed by atoms with E-state index >= 15 is 0 Å². The lowest BCUT2D eigenvalue weighted by atomic mass is 9.98. The monoisotopic (exact) mass is 469 g/mol. The Morgan fingerprint density at radius 3 is 2.56 bits per heavy atom. The van der Waals surface area contributed by atoms with Crippen molar-refractivity contribution in [2.75, 3.05) is 13.1 Å². The van der Waals surface area contributed by atoms with Gasteiger partial charge < -0.3 is 13.7 Å². The molecule has 1 aliphatic heterocycles. The molecule has 1 aliphatic rings. The number of carbonyl (C=O) groups excluding carboxylic acids is 1. The standard InChI is InChI=1S/C24H18F3N3O4/c25-24(26,27)16-9-7-14(8-10-16)21-28-29-22(34-21)15-4-3-11-30(13-15)23(32)20-12-18(31)17-5-1-2-6-19(17)33-20/h1-2,5-10,12,15H,3-4,11,13H2. The molecule has 1 atom stereocenters. The highest BCUT2D eigenvalue weighted by Gasteiger charge is 2.32. The van der Waals surface area contributed by atoms with Crippen LogP contribution in [0.4, 0.5) is 13.2 Å². The number of hydrogen-bond acceptors (Lipinski definition) is 6. The molecule has 5 rings (SSSR count). The zero-order valence-electron chi connectivity index (χ0n) is 17.7. The van der Waals surface area contributed by atoms with Crippen LogP contribution in [0.3, 0.4) is 0 Å². The van der Waals surface area contributed by atoms with Crippen molar-refractivity contribution in [3.05, 3.63) is 82.0 Å². The van der Waals surface area contributed by atoms with E-state index < -0.39 is 17.6 Å². The molecule has 0 N–H and O–H groups in total. The third kappa shape index (κ3) is 4.18. The fourth-order valence-electron chi connectivity index (χ4n) is 4.05. The molecule has 0 spiro atoms. The third-order valence-corrected chi connectivity index (χ3v) is 5.80. The van der Waals surface area contributed by atoms with Crippen LogP contribution in [0.5, 0.6) is 0 Å². The van der Waals surface area contributed by atoms with Crippen molar-refractivity contribution in [2.24, 2.45) is 0 Å². The molecule has 1 saturated heterocycles. The molecule has 7 nitrogen and oxygen atoms in total. The Balaban J connectivity index is 1.34. The molecular formula is C24H18F3N3O4. The average molecular weight is 469 g/mol. The average Bonchev–Trinajstić information content (AvgIpc) is 3.34. The summed E-state index contributed by atoms with van der Waals surface area (Å²) >= 11 is 0. The molecular weight excluding hydrogens is 451 g/mol. The normalized spacial score (nSPS) is 16.7. The van der Waals surface area contributed by atoms with Crippen LogP contribution in [0.25, 0.3) is 22.4 Å². The first kappa shape index (κ1) is 21.9. The van der Waals surface area contributed by atoms with Crippen molar-refractivity contribution in [2.45, 2.75) is 24.9 Å². The maximum absolute atomic E-state index is 13.0. The number of halogens is 3. The molecule has 1 unspecified atom stereocenters. The predicted octanol–water partition coefficient (Wildman–Crippen LogP) is 4.88. The molecule has 1 amide bonds. The number of benzene rings is 2. The predicted molar refractivity (Wildman–Crippen MR) is 115 cm³/mol. The number of carbonyl (C=O) groups is 1. The van der Waals surface area contributed by atoms with Crippen LogP contribution in [-0.2, 0) is 6.18 Å². The molecule has 0 saturated carbocycles. The molecule has 34 heavy (non-hydrogen) atoms. The Morgan fingerprint density at radius 1 is 1.03 bits per heavy atom. The number of piperidine rings is 1. The number of fused-ring (bicyclic) bond motifs is 1. The Bertz CT molecular complexity index is 1410. The van der Waals surface area contributed by atoms with E-state index in [1.807, 2.05) is 0 Å². The van der Waals surface area contributed by atoms with Gasteiger partial charge in [0.1, 0.15) is 5.58 Å². The molecule has 174 valence electrons. The van der Waals surface area contributed by atoms with E-state index in [0.29, 0.717) is 41.8 Å². The summed E-state index contributed by atoms with van der Waals surface area (Å²) in [6.07, 6.45) is -3.06. The van der Waals surface area contributed by atoms with Gasteiger partial charge in [0, 0.05) is 24.7 Å². The molecule has 0 aliphatic carbocycles. The number of aromatic nitrogens is 2. The highest BCUT2D eigenvalue weighted by molar-refractivity contribution is 5.93. The Labute approximate surface area is 190 Å². The minimum absolute atomic E-state index is 0.0414. The van der Waals surface area contributed by atoms with E-state index in [1.54, 1.807) is 29.2 Å². The second kappa shape index (κ2) is 8.44. The van der Waals surface area contributed by atoms with E-state index in [0.717, 1.165) is 12.1 Å². The van der Waals surface area contributed by atoms with Gasteiger partial charge in [-0.3, -0.25) is 9.59 Å². The van der Waals surface area contributed by atoms with Gasteiger partial charge in [0.05, 0.1) is 16.9 Å². The van der Waals surface area contributed by atoms with E-state index in [9.17, 15) is 22.8 Å². The van der Waals surface area contributed by atoms with Gasteiger partial charge in [0.2, 0.25) is 11.8 Å². The Kier molecular flexibility index (Phi) is 5.43. The molecule has 2 aromatic heterocycles. The summed E-state index contributed by atoms with van der Waals surface area (Å²) < 4.78 is 49.8. The minimum atomic E-state index is -4.43. The lowest BCUT2D eigenvalue weighted by molar-refractivity contribution is -0.137. The van der Waals surface area contributed by atoms with Crippen LogP contribution in [0, 0.1) is 0 Å². The van der Waals surface area contributed by atoms with Crippen LogP contribution < -0.4 is 5.43 Å². The van der Waals surface area contributed by atoms with Gasteiger partial charge in [-0.25, -0.2) is 0 Å². The fourth-order valence-corrected chi connectivity index (χ4v) is 4.05. The van der Waals surface area contributed by atoms with E-state index in [4.69, 9.17) is 8.83 Å². The van der Waals surface area contributed by atoms with Crippen molar-refractivity contribution >= 4 is 16.9 Å². The highest BCUT2D eigenvalue weighted by atomic mass is 19.4. The summed E-state index contributed by atoms with van der Waals surface area (Å²) in [6, 6.07) is 12.4. The summed E-state index contributed by atoms with van der Waals surface area (Å²) in [5.74, 6) is -0.295. The SMILES string of the molecule is O=C(c1cc(=O)c2ccccc2o1)N1CCCC(c2nnc(-c3ccc(C(F)(F)F)cc3)o2)C1. The number of alkyl halides is 3. The quantitative estimate of drug-likeness (QED) is 0.425. The van der Waals surface area contributed by atoms with Crippen molar-refractivity contribution in [3.8, 4) is 11.5 Å². The van der Waals surface area contributed by atoms with E-state index in [1.165, 1.54) is 18.2 Å². The third-order valence-electron chi connectivity index (χ3n) is 5.80. The van der Waals surface area contributed by atoms with Gasteiger partial charge in [-0.1, -0.05) is 12.1 Å². The van der Waals surface area contributed by atoms with Crippen LogP contribution in [0.1, 0.15) is 40.8 Å². The van der Waals surface area contributed by atoms with Crippen molar-refractivity contribution in [1.29, 1.82) is 0 Å². The maximum atomic E-state index is 13.0. The van der Waals surface area contributed by atoms with Crippen molar-refractivity contribution in [1.82, 2.24) is 15.1 Å².